The molecule has 0 saturated heterocycles. The number of hydrogen-bond acceptors (Lipinski definition) is 4. The first-order valence-electron chi connectivity index (χ1n) is 5.29. The summed E-state index contributed by atoms with van der Waals surface area (Å²) in [6, 6.07) is -0.00996. The van der Waals surface area contributed by atoms with Gasteiger partial charge in [-0.05, 0) is 6.92 Å². The van der Waals surface area contributed by atoms with Crippen LogP contribution >= 0.6 is 0 Å². The minimum Gasteiger partial charge on any atom is -0.475 e. The summed E-state index contributed by atoms with van der Waals surface area (Å²) in [5, 5.41) is 9.01. The average molecular weight is 238 g/mol. The van der Waals surface area contributed by atoms with Gasteiger partial charge in [-0.25, -0.2) is 4.79 Å². The van der Waals surface area contributed by atoms with Gasteiger partial charge < -0.3 is 19.3 Å². The number of carboxylic acid groups (broad SMARTS) is 1. The van der Waals surface area contributed by atoms with Crippen LogP contribution in [0.25, 0.3) is 0 Å². The molecule has 1 aliphatic heterocycles. The second kappa shape index (κ2) is 3.80. The highest BCUT2D eigenvalue weighted by atomic mass is 16.4. The van der Waals surface area contributed by atoms with Gasteiger partial charge in [-0.1, -0.05) is 0 Å². The Labute approximate surface area is 98.4 Å². The summed E-state index contributed by atoms with van der Waals surface area (Å²) in [4.78, 5) is 25.9. The lowest BCUT2D eigenvalue weighted by Crippen LogP contribution is -2.48. The molecule has 1 aliphatic rings. The second-order valence-corrected chi connectivity index (χ2v) is 4.22. The maximum absolute atomic E-state index is 11.6. The molecule has 1 amide bonds. The van der Waals surface area contributed by atoms with E-state index >= 15 is 0 Å². The Balaban J connectivity index is 2.57. The third kappa shape index (κ3) is 1.65. The first-order chi connectivity index (χ1) is 7.93. The standard InChI is InChI=1S/C11H14N2O4/c1-6-4-12(3)9-8(13(6)7(2)14)5-17-10(9)11(15)16/h5-6H,4H2,1-3H3,(H,15,16). The lowest BCUT2D eigenvalue weighted by Gasteiger charge is -2.37. The van der Waals surface area contributed by atoms with Gasteiger partial charge in [0.05, 0.1) is 6.04 Å². The molecule has 17 heavy (non-hydrogen) atoms. The third-order valence-corrected chi connectivity index (χ3v) is 2.90. The van der Waals surface area contributed by atoms with E-state index in [1.54, 1.807) is 16.8 Å². The van der Waals surface area contributed by atoms with E-state index in [1.807, 2.05) is 6.92 Å². The predicted molar refractivity (Wildman–Crippen MR) is 61.6 cm³/mol. The second-order valence-electron chi connectivity index (χ2n) is 4.22. The molecule has 0 saturated carbocycles. The van der Waals surface area contributed by atoms with Crippen LogP contribution < -0.4 is 9.80 Å². The van der Waals surface area contributed by atoms with Gasteiger partial charge in [-0.15, -0.1) is 0 Å². The highest BCUT2D eigenvalue weighted by Crippen LogP contribution is 2.39. The van der Waals surface area contributed by atoms with Crippen molar-refractivity contribution < 1.29 is 19.1 Å². The lowest BCUT2D eigenvalue weighted by molar-refractivity contribution is -0.117. The van der Waals surface area contributed by atoms with Crippen molar-refractivity contribution in [3.63, 3.8) is 0 Å². The number of fused-ring (bicyclic) bond motifs is 1. The number of carbonyl (C=O) groups excluding carboxylic acids is 1. The zero-order valence-electron chi connectivity index (χ0n) is 9.93. The monoisotopic (exact) mass is 238 g/mol. The number of carboxylic acids is 1. The summed E-state index contributed by atoms with van der Waals surface area (Å²) in [5.41, 5.74) is 0.988. The molecule has 1 N–H and O–H groups in total. The van der Waals surface area contributed by atoms with Crippen LogP contribution in [0.1, 0.15) is 24.4 Å². The minimum atomic E-state index is -1.13. The Kier molecular flexibility index (Phi) is 2.57. The van der Waals surface area contributed by atoms with Crippen LogP contribution in [0.15, 0.2) is 10.7 Å². The summed E-state index contributed by atoms with van der Waals surface area (Å²) in [6.07, 6.45) is 1.33. The molecule has 0 aliphatic carbocycles. The number of rotatable bonds is 1. The number of hydrogen-bond donors (Lipinski definition) is 1. The fourth-order valence-corrected chi connectivity index (χ4v) is 2.32. The molecular formula is C11H14N2O4. The quantitative estimate of drug-likeness (QED) is 0.794. The van der Waals surface area contributed by atoms with Crippen molar-refractivity contribution in [2.45, 2.75) is 19.9 Å². The molecule has 0 fully saturated rings. The molecule has 0 radical (unpaired) electrons. The number of carbonyl (C=O) groups is 2. The number of anilines is 2. The van der Waals surface area contributed by atoms with Crippen LogP contribution in [0.4, 0.5) is 11.4 Å². The van der Waals surface area contributed by atoms with E-state index in [1.165, 1.54) is 13.2 Å². The Bertz CT molecular complexity index is 480. The molecule has 6 nitrogen and oxygen atoms in total. The molecule has 92 valence electrons. The van der Waals surface area contributed by atoms with Crippen LogP contribution in [-0.4, -0.2) is 36.6 Å². The molecule has 1 atom stereocenters. The van der Waals surface area contributed by atoms with Crippen molar-refractivity contribution in [3.05, 3.63) is 12.0 Å². The van der Waals surface area contributed by atoms with Crippen LogP contribution in [0.2, 0.25) is 0 Å². The zero-order valence-corrected chi connectivity index (χ0v) is 9.93. The number of aromatic carboxylic acids is 1. The van der Waals surface area contributed by atoms with Gasteiger partial charge in [0.1, 0.15) is 17.6 Å². The van der Waals surface area contributed by atoms with Gasteiger partial charge in [0.25, 0.3) is 0 Å². The van der Waals surface area contributed by atoms with Gasteiger partial charge >= 0.3 is 5.97 Å². The summed E-state index contributed by atoms with van der Waals surface area (Å²) in [5.74, 6) is -1.37. The van der Waals surface area contributed by atoms with E-state index in [4.69, 9.17) is 9.52 Å². The minimum absolute atomic E-state index is 0.00996. The summed E-state index contributed by atoms with van der Waals surface area (Å²) in [7, 11) is 1.79. The molecule has 1 unspecified atom stereocenters. The molecule has 2 rings (SSSR count). The van der Waals surface area contributed by atoms with Crippen LogP contribution in [0.5, 0.6) is 0 Å². The Morgan fingerprint density at radius 1 is 1.53 bits per heavy atom. The van der Waals surface area contributed by atoms with Gasteiger partial charge in [0.2, 0.25) is 11.7 Å². The van der Waals surface area contributed by atoms with Gasteiger partial charge in [-0.3, -0.25) is 4.79 Å². The van der Waals surface area contributed by atoms with Crippen molar-refractivity contribution >= 4 is 23.3 Å². The van der Waals surface area contributed by atoms with Crippen molar-refractivity contribution in [1.29, 1.82) is 0 Å². The maximum Gasteiger partial charge on any atom is 0.374 e. The number of furan rings is 1. The lowest BCUT2D eigenvalue weighted by atomic mass is 10.1. The highest BCUT2D eigenvalue weighted by molar-refractivity contribution is 6.02. The van der Waals surface area contributed by atoms with E-state index < -0.39 is 5.97 Å². The molecule has 1 aromatic rings. The van der Waals surface area contributed by atoms with E-state index in [0.29, 0.717) is 17.9 Å². The van der Waals surface area contributed by atoms with Crippen molar-refractivity contribution in [2.75, 3.05) is 23.4 Å². The van der Waals surface area contributed by atoms with E-state index in [9.17, 15) is 9.59 Å². The number of amides is 1. The van der Waals surface area contributed by atoms with Crippen LogP contribution in [-0.2, 0) is 4.79 Å². The van der Waals surface area contributed by atoms with Gasteiger partial charge in [0, 0.05) is 20.5 Å². The van der Waals surface area contributed by atoms with Gasteiger partial charge in [-0.2, -0.15) is 0 Å². The summed E-state index contributed by atoms with van der Waals surface area (Å²) in [6.45, 7) is 3.94. The molecule has 0 aromatic carbocycles. The number of nitrogens with zero attached hydrogens (tertiary/aromatic N) is 2. The molecular weight excluding hydrogens is 224 g/mol. The van der Waals surface area contributed by atoms with Crippen molar-refractivity contribution in [2.24, 2.45) is 0 Å². The zero-order chi connectivity index (χ0) is 12.7. The smallest absolute Gasteiger partial charge is 0.374 e. The third-order valence-electron chi connectivity index (χ3n) is 2.90. The fraction of sp³-hybridized carbons (Fsp3) is 0.455. The summed E-state index contributed by atoms with van der Waals surface area (Å²) < 4.78 is 5.04. The SMILES string of the molecule is CC(=O)N1c2coc(C(=O)O)c2N(C)CC1C. The van der Waals surface area contributed by atoms with E-state index in [2.05, 4.69) is 0 Å². The molecule has 0 bridgehead atoms. The maximum atomic E-state index is 11.6. The van der Waals surface area contributed by atoms with Gasteiger partial charge in [0.15, 0.2) is 0 Å². The fourth-order valence-electron chi connectivity index (χ4n) is 2.32. The van der Waals surface area contributed by atoms with Crippen LogP contribution in [0, 0.1) is 0 Å². The average Bonchev–Trinajstić information content (AvgIpc) is 2.61. The van der Waals surface area contributed by atoms with Crippen LogP contribution in [0.3, 0.4) is 0 Å². The Hall–Kier alpha value is -1.98. The topological polar surface area (TPSA) is 74.0 Å². The number of likely N-dealkylation sites (N-methyl/N-ethyl adjacent to an activating group) is 1. The van der Waals surface area contributed by atoms with Crippen molar-refractivity contribution in [3.8, 4) is 0 Å². The first kappa shape index (κ1) is 11.5. The van der Waals surface area contributed by atoms with Crippen molar-refractivity contribution in [1.82, 2.24) is 0 Å². The molecule has 6 heteroatoms. The van der Waals surface area contributed by atoms with E-state index in [-0.39, 0.29) is 17.7 Å². The predicted octanol–water partition coefficient (Wildman–Crippen LogP) is 1.17. The first-order valence-corrected chi connectivity index (χ1v) is 5.29. The largest absolute Gasteiger partial charge is 0.475 e. The molecule has 1 aromatic heterocycles. The molecule has 0 spiro atoms. The Morgan fingerprint density at radius 3 is 2.71 bits per heavy atom. The Morgan fingerprint density at radius 2 is 2.18 bits per heavy atom. The van der Waals surface area contributed by atoms with E-state index in [0.717, 1.165) is 0 Å². The summed E-state index contributed by atoms with van der Waals surface area (Å²) >= 11 is 0. The molecule has 2 heterocycles. The normalized spacial score (nSPS) is 19.1. The highest BCUT2D eigenvalue weighted by Gasteiger charge is 2.35.